The fraction of sp³-hybridized carbons (Fsp3) is 0.263. The fourth-order valence-electron chi connectivity index (χ4n) is 13.1. The predicted molar refractivity (Wildman–Crippen MR) is 248 cm³/mol. The third-order valence-corrected chi connectivity index (χ3v) is 16.9. The van der Waals surface area contributed by atoms with Gasteiger partial charge in [0.15, 0.2) is 0 Å². The van der Waals surface area contributed by atoms with Crippen molar-refractivity contribution >= 4 is 31.5 Å². The molecule has 1 heteroatoms. The molecule has 58 heavy (non-hydrogen) atoms. The third kappa shape index (κ3) is 4.74. The molecular formula is C57H50S. The van der Waals surface area contributed by atoms with E-state index in [2.05, 4.69) is 173 Å². The van der Waals surface area contributed by atoms with E-state index in [-0.39, 0.29) is 10.8 Å². The number of benzene rings is 7. The SMILES string of the molecule is CCC1CC2CC(C)C3(c4ccc(-c5cccc6c5sc5ccccc56)cc4-c4c(-c5ccc(-c6ccc7c(c6)-c6ccccc6C7(C)C)cc5)cccc43)C(C1)C2. The highest BCUT2D eigenvalue weighted by atomic mass is 32.1. The molecule has 0 saturated heterocycles. The van der Waals surface area contributed by atoms with E-state index < -0.39 is 0 Å². The van der Waals surface area contributed by atoms with E-state index in [4.69, 9.17) is 0 Å². The van der Waals surface area contributed by atoms with Crippen LogP contribution in [-0.2, 0) is 10.8 Å². The molecule has 1 spiro atoms. The van der Waals surface area contributed by atoms with Crippen LogP contribution in [0, 0.1) is 23.7 Å². The summed E-state index contributed by atoms with van der Waals surface area (Å²) in [6, 6.07) is 56.5. The van der Waals surface area contributed by atoms with Crippen molar-refractivity contribution in [2.75, 3.05) is 0 Å². The van der Waals surface area contributed by atoms with Crippen molar-refractivity contribution in [3.8, 4) is 55.6 Å². The Kier molecular flexibility index (Phi) is 7.57. The van der Waals surface area contributed by atoms with Crippen molar-refractivity contribution in [3.63, 3.8) is 0 Å². The summed E-state index contributed by atoms with van der Waals surface area (Å²) in [5, 5.41) is 2.73. The summed E-state index contributed by atoms with van der Waals surface area (Å²) >= 11 is 1.94. The summed E-state index contributed by atoms with van der Waals surface area (Å²) in [7, 11) is 0. The van der Waals surface area contributed by atoms with Crippen molar-refractivity contribution in [2.24, 2.45) is 23.7 Å². The molecule has 0 aliphatic heterocycles. The molecule has 7 aromatic carbocycles. The minimum Gasteiger partial charge on any atom is -0.135 e. The quantitative estimate of drug-likeness (QED) is 0.167. The number of hydrogen-bond acceptors (Lipinski definition) is 1. The maximum atomic E-state index is 2.60. The van der Waals surface area contributed by atoms with E-state index in [0.717, 1.165) is 11.8 Å². The minimum absolute atomic E-state index is 0.0196. The van der Waals surface area contributed by atoms with Gasteiger partial charge in [0.05, 0.1) is 0 Å². The van der Waals surface area contributed by atoms with E-state index in [1.807, 2.05) is 11.3 Å². The first-order valence-electron chi connectivity index (χ1n) is 21.9. The van der Waals surface area contributed by atoms with Crippen LogP contribution < -0.4 is 0 Å². The van der Waals surface area contributed by atoms with Gasteiger partial charge in [-0.1, -0.05) is 162 Å². The topological polar surface area (TPSA) is 0 Å². The normalized spacial score (nSPS) is 23.5. The second kappa shape index (κ2) is 12.6. The smallest absolute Gasteiger partial charge is 0.0433 e. The molecule has 12 rings (SSSR count). The highest BCUT2D eigenvalue weighted by Gasteiger charge is 2.57. The summed E-state index contributed by atoms with van der Waals surface area (Å²) in [6.45, 7) is 9.77. The van der Waals surface area contributed by atoms with E-state index in [1.54, 1.807) is 11.1 Å². The highest BCUT2D eigenvalue weighted by molar-refractivity contribution is 7.26. The van der Waals surface area contributed by atoms with Crippen molar-refractivity contribution in [1.82, 2.24) is 0 Å². The summed E-state index contributed by atoms with van der Waals surface area (Å²) in [6.07, 6.45) is 6.77. The van der Waals surface area contributed by atoms with Gasteiger partial charge < -0.3 is 0 Å². The molecule has 4 aliphatic rings. The molecule has 2 fully saturated rings. The summed E-state index contributed by atoms with van der Waals surface area (Å²) < 4.78 is 2.76. The maximum Gasteiger partial charge on any atom is 0.0433 e. The molecule has 1 heterocycles. The number of thiophene rings is 1. The molecule has 4 aliphatic carbocycles. The molecule has 0 radical (unpaired) electrons. The molecule has 2 saturated carbocycles. The maximum absolute atomic E-state index is 2.60. The first kappa shape index (κ1) is 34.8. The lowest BCUT2D eigenvalue weighted by Gasteiger charge is -2.54. The first-order valence-corrected chi connectivity index (χ1v) is 22.7. The van der Waals surface area contributed by atoms with E-state index in [0.29, 0.717) is 11.8 Å². The molecule has 5 atom stereocenters. The molecule has 0 N–H and O–H groups in total. The average molecular weight is 767 g/mol. The Morgan fingerprint density at radius 3 is 2.05 bits per heavy atom. The Hall–Kier alpha value is -5.24. The fourth-order valence-corrected chi connectivity index (χ4v) is 14.3. The van der Waals surface area contributed by atoms with Crippen molar-refractivity contribution < 1.29 is 0 Å². The van der Waals surface area contributed by atoms with Crippen LogP contribution in [0.1, 0.15) is 82.1 Å². The zero-order valence-electron chi connectivity index (χ0n) is 34.1. The lowest BCUT2D eigenvalue weighted by atomic mass is 9.49. The Bertz CT molecular complexity index is 2950. The van der Waals surface area contributed by atoms with Crippen LogP contribution in [-0.4, -0.2) is 0 Å². The van der Waals surface area contributed by atoms with Gasteiger partial charge in [-0.05, 0) is 145 Å². The van der Waals surface area contributed by atoms with Gasteiger partial charge in [-0.2, -0.15) is 0 Å². The van der Waals surface area contributed by atoms with Crippen LogP contribution in [0.15, 0.2) is 146 Å². The standard InChI is InChI=1S/C57H50S/c1-5-35-29-36-28-34(2)57(41(30-35)31-36)51-27-25-40(43-15-10-16-46-45-13-7-9-19-53(45)58-55(43)46)33-48(51)54-42(14-11-18-52(54)57)38-22-20-37(21-23-38)39-24-26-50-47(32-39)44-12-6-8-17-49(44)56(50,3)4/h6-27,32-36,41H,5,28-31H2,1-4H3. The van der Waals surface area contributed by atoms with Crippen LogP contribution in [0.5, 0.6) is 0 Å². The number of fused-ring (bicyclic) bond motifs is 14. The van der Waals surface area contributed by atoms with E-state index in [9.17, 15) is 0 Å². The molecule has 1 aromatic heterocycles. The summed E-state index contributed by atoms with van der Waals surface area (Å²) in [5.41, 5.74) is 19.7. The van der Waals surface area contributed by atoms with Crippen LogP contribution in [0.2, 0.25) is 0 Å². The van der Waals surface area contributed by atoms with E-state index >= 15 is 0 Å². The predicted octanol–water partition coefficient (Wildman–Crippen LogP) is 16.1. The monoisotopic (exact) mass is 766 g/mol. The molecule has 284 valence electrons. The molecular weight excluding hydrogens is 717 g/mol. The van der Waals surface area contributed by atoms with Gasteiger partial charge in [-0.15, -0.1) is 11.3 Å². The second-order valence-corrected chi connectivity index (χ2v) is 19.9. The van der Waals surface area contributed by atoms with Crippen molar-refractivity contribution in [3.05, 3.63) is 168 Å². The number of hydrogen-bond donors (Lipinski definition) is 0. The zero-order chi connectivity index (χ0) is 38.9. The molecule has 0 nitrogen and oxygen atoms in total. The van der Waals surface area contributed by atoms with Gasteiger partial charge in [-0.3, -0.25) is 0 Å². The molecule has 5 unspecified atom stereocenters. The van der Waals surface area contributed by atoms with Crippen LogP contribution in [0.25, 0.3) is 75.8 Å². The molecule has 2 bridgehead atoms. The Labute approximate surface area is 347 Å². The first-order chi connectivity index (χ1) is 28.3. The lowest BCUT2D eigenvalue weighted by molar-refractivity contribution is 0.0368. The molecule has 0 amide bonds. The minimum atomic E-state index is 0.0196. The van der Waals surface area contributed by atoms with Crippen molar-refractivity contribution in [1.29, 1.82) is 0 Å². The van der Waals surface area contributed by atoms with Crippen LogP contribution in [0.3, 0.4) is 0 Å². The van der Waals surface area contributed by atoms with Crippen LogP contribution >= 0.6 is 11.3 Å². The van der Waals surface area contributed by atoms with Gasteiger partial charge in [-0.25, -0.2) is 0 Å². The van der Waals surface area contributed by atoms with Gasteiger partial charge in [0.1, 0.15) is 0 Å². The summed E-state index contributed by atoms with van der Waals surface area (Å²) in [4.78, 5) is 0. The van der Waals surface area contributed by atoms with Gasteiger partial charge in [0, 0.05) is 31.0 Å². The zero-order valence-corrected chi connectivity index (χ0v) is 34.9. The van der Waals surface area contributed by atoms with Crippen molar-refractivity contribution in [2.45, 2.75) is 70.6 Å². The highest BCUT2D eigenvalue weighted by Crippen LogP contribution is 2.66. The lowest BCUT2D eigenvalue weighted by Crippen LogP contribution is -2.49. The largest absolute Gasteiger partial charge is 0.135 e. The Morgan fingerprint density at radius 1 is 0.517 bits per heavy atom. The van der Waals surface area contributed by atoms with E-state index in [1.165, 1.54) is 119 Å². The van der Waals surface area contributed by atoms with Crippen LogP contribution in [0.4, 0.5) is 0 Å². The Balaban J connectivity index is 1.02. The summed E-state index contributed by atoms with van der Waals surface area (Å²) in [5.74, 6) is 2.96. The van der Waals surface area contributed by atoms with Gasteiger partial charge in [0.2, 0.25) is 0 Å². The second-order valence-electron chi connectivity index (χ2n) is 18.8. The Morgan fingerprint density at radius 2 is 1.17 bits per heavy atom. The molecule has 8 aromatic rings. The van der Waals surface area contributed by atoms with Gasteiger partial charge >= 0.3 is 0 Å². The third-order valence-electron chi connectivity index (χ3n) is 15.7. The number of rotatable bonds is 4. The van der Waals surface area contributed by atoms with Gasteiger partial charge in [0.25, 0.3) is 0 Å². The average Bonchev–Trinajstić information content (AvgIpc) is 3.87.